The van der Waals surface area contributed by atoms with E-state index < -0.39 is 0 Å². The largest absolute Gasteiger partial charge is 0.494 e. The van der Waals surface area contributed by atoms with Crippen LogP contribution >= 0.6 is 0 Å². The Morgan fingerprint density at radius 1 is 0.649 bits per heavy atom. The maximum atomic E-state index is 12.7. The molecule has 0 atom stereocenters. The van der Waals surface area contributed by atoms with Gasteiger partial charge in [0.05, 0.1) is 6.61 Å². The van der Waals surface area contributed by atoms with Crippen LogP contribution in [0.2, 0.25) is 0 Å². The van der Waals surface area contributed by atoms with E-state index in [2.05, 4.69) is 38.1 Å². The Bertz CT molecular complexity index is 1060. The summed E-state index contributed by atoms with van der Waals surface area (Å²) in [7, 11) is 0. The van der Waals surface area contributed by atoms with Gasteiger partial charge in [0.25, 0.3) is 0 Å². The Hall–Kier alpha value is -3.13. The minimum absolute atomic E-state index is 0.00975. The van der Waals surface area contributed by atoms with Gasteiger partial charge in [-0.3, -0.25) is 4.79 Å². The average Bonchev–Trinajstić information content (AvgIpc) is 2.94. The summed E-state index contributed by atoms with van der Waals surface area (Å²) in [6, 6.07) is 24.5. The Morgan fingerprint density at radius 3 is 1.81 bits per heavy atom. The first kappa shape index (κ1) is 28.4. The number of hydrogen-bond donors (Lipinski definition) is 0. The molecule has 0 aliphatic rings. The predicted octanol–water partition coefficient (Wildman–Crippen LogP) is 10.1. The minimum Gasteiger partial charge on any atom is -0.494 e. The molecular formula is C35H44O2. The van der Waals surface area contributed by atoms with E-state index in [-0.39, 0.29) is 5.78 Å². The fraction of sp³-hybridized carbons (Fsp3) is 0.400. The Morgan fingerprint density at radius 2 is 1.22 bits per heavy atom. The van der Waals surface area contributed by atoms with Gasteiger partial charge < -0.3 is 4.74 Å². The number of benzene rings is 3. The molecule has 0 N–H and O–H groups in total. The fourth-order valence-corrected chi connectivity index (χ4v) is 4.53. The SMILES string of the molecule is CCCCCCCCCCCOc1ccc(C=CC(=O)c2ccc(-c3ccc(CCC)cc3)cc2)cc1. The van der Waals surface area contributed by atoms with Crippen LogP contribution < -0.4 is 4.74 Å². The lowest BCUT2D eigenvalue weighted by atomic mass is 10.00. The van der Waals surface area contributed by atoms with Crippen molar-refractivity contribution >= 4 is 11.9 Å². The summed E-state index contributed by atoms with van der Waals surface area (Å²) in [5.74, 6) is 0.900. The molecule has 0 saturated carbocycles. The monoisotopic (exact) mass is 496 g/mol. The van der Waals surface area contributed by atoms with Crippen LogP contribution in [0.1, 0.15) is 99.5 Å². The molecule has 0 aliphatic heterocycles. The molecule has 2 nitrogen and oxygen atoms in total. The van der Waals surface area contributed by atoms with E-state index in [0.29, 0.717) is 5.56 Å². The number of allylic oxidation sites excluding steroid dienone is 1. The van der Waals surface area contributed by atoms with E-state index in [9.17, 15) is 4.79 Å². The smallest absolute Gasteiger partial charge is 0.185 e. The Kier molecular flexibility index (Phi) is 12.7. The highest BCUT2D eigenvalue weighted by molar-refractivity contribution is 6.07. The minimum atomic E-state index is 0.00975. The summed E-state index contributed by atoms with van der Waals surface area (Å²) in [6.45, 7) is 5.23. The maximum Gasteiger partial charge on any atom is 0.185 e. The molecule has 0 radical (unpaired) electrons. The highest BCUT2D eigenvalue weighted by atomic mass is 16.5. The first-order valence-electron chi connectivity index (χ1n) is 14.3. The molecule has 0 bridgehead atoms. The third-order valence-corrected chi connectivity index (χ3v) is 6.82. The van der Waals surface area contributed by atoms with Crippen molar-refractivity contribution in [2.45, 2.75) is 84.5 Å². The van der Waals surface area contributed by atoms with Crippen LogP contribution in [-0.2, 0) is 6.42 Å². The van der Waals surface area contributed by atoms with Crippen molar-refractivity contribution in [2.24, 2.45) is 0 Å². The normalized spacial score (nSPS) is 11.2. The zero-order valence-corrected chi connectivity index (χ0v) is 22.9. The highest BCUT2D eigenvalue weighted by Gasteiger charge is 2.04. The fourth-order valence-electron chi connectivity index (χ4n) is 4.53. The van der Waals surface area contributed by atoms with Crippen molar-refractivity contribution in [1.29, 1.82) is 0 Å². The molecule has 37 heavy (non-hydrogen) atoms. The highest BCUT2D eigenvalue weighted by Crippen LogP contribution is 2.21. The van der Waals surface area contributed by atoms with Crippen molar-refractivity contribution in [3.8, 4) is 16.9 Å². The molecule has 0 fully saturated rings. The van der Waals surface area contributed by atoms with E-state index in [0.717, 1.165) is 42.7 Å². The second-order valence-electron chi connectivity index (χ2n) is 9.97. The third kappa shape index (κ3) is 10.4. The Balaban J connectivity index is 1.38. The summed E-state index contributed by atoms with van der Waals surface area (Å²) < 4.78 is 5.89. The van der Waals surface area contributed by atoms with Crippen LogP contribution in [0.15, 0.2) is 78.9 Å². The average molecular weight is 497 g/mol. The zero-order valence-electron chi connectivity index (χ0n) is 22.9. The molecule has 0 heterocycles. The number of aryl methyl sites for hydroxylation is 1. The van der Waals surface area contributed by atoms with Gasteiger partial charge in [-0.05, 0) is 53.3 Å². The summed E-state index contributed by atoms with van der Waals surface area (Å²) in [6.07, 6.45) is 17.6. The van der Waals surface area contributed by atoms with Crippen LogP contribution in [0.4, 0.5) is 0 Å². The Labute approximate surface area is 224 Å². The lowest BCUT2D eigenvalue weighted by Gasteiger charge is -2.06. The zero-order chi connectivity index (χ0) is 26.1. The van der Waals surface area contributed by atoms with E-state index in [4.69, 9.17) is 4.74 Å². The van der Waals surface area contributed by atoms with Gasteiger partial charge in [0.15, 0.2) is 5.78 Å². The van der Waals surface area contributed by atoms with Crippen molar-refractivity contribution in [1.82, 2.24) is 0 Å². The first-order chi connectivity index (χ1) is 18.2. The van der Waals surface area contributed by atoms with Gasteiger partial charge in [-0.15, -0.1) is 0 Å². The topological polar surface area (TPSA) is 26.3 Å². The number of rotatable bonds is 17. The summed E-state index contributed by atoms with van der Waals surface area (Å²) in [5, 5.41) is 0. The molecule has 3 aromatic carbocycles. The van der Waals surface area contributed by atoms with Crippen LogP contribution in [0, 0.1) is 0 Å². The molecule has 0 spiro atoms. The predicted molar refractivity (Wildman–Crippen MR) is 158 cm³/mol. The number of carbonyl (C=O) groups excluding carboxylic acids is 1. The second kappa shape index (κ2) is 16.6. The molecule has 0 aliphatic carbocycles. The van der Waals surface area contributed by atoms with Crippen LogP contribution in [0.3, 0.4) is 0 Å². The molecule has 196 valence electrons. The number of hydrogen-bond acceptors (Lipinski definition) is 2. The van der Waals surface area contributed by atoms with Crippen molar-refractivity contribution < 1.29 is 9.53 Å². The number of ether oxygens (including phenoxy) is 1. The van der Waals surface area contributed by atoms with Crippen molar-refractivity contribution in [3.05, 3.63) is 95.6 Å². The lowest BCUT2D eigenvalue weighted by Crippen LogP contribution is -1.97. The van der Waals surface area contributed by atoms with Gasteiger partial charge in [0, 0.05) is 5.56 Å². The maximum absolute atomic E-state index is 12.7. The molecule has 0 amide bonds. The summed E-state index contributed by atoms with van der Waals surface area (Å²) in [5.41, 5.74) is 5.36. The quantitative estimate of drug-likeness (QED) is 0.106. The van der Waals surface area contributed by atoms with Gasteiger partial charge in [0.1, 0.15) is 5.75 Å². The van der Waals surface area contributed by atoms with E-state index in [1.807, 2.05) is 54.6 Å². The first-order valence-corrected chi connectivity index (χ1v) is 14.3. The van der Waals surface area contributed by atoms with Gasteiger partial charge >= 0.3 is 0 Å². The molecule has 3 aromatic rings. The summed E-state index contributed by atoms with van der Waals surface area (Å²) >= 11 is 0. The molecule has 0 aromatic heterocycles. The van der Waals surface area contributed by atoms with Gasteiger partial charge in [0.2, 0.25) is 0 Å². The molecule has 3 rings (SSSR count). The van der Waals surface area contributed by atoms with Gasteiger partial charge in [-0.2, -0.15) is 0 Å². The molecule has 2 heteroatoms. The van der Waals surface area contributed by atoms with Gasteiger partial charge in [-0.25, -0.2) is 0 Å². The van der Waals surface area contributed by atoms with Crippen LogP contribution in [0.25, 0.3) is 17.2 Å². The number of unbranched alkanes of at least 4 members (excludes halogenated alkanes) is 8. The van der Waals surface area contributed by atoms with Crippen LogP contribution in [0.5, 0.6) is 5.75 Å². The van der Waals surface area contributed by atoms with Gasteiger partial charge in [-0.1, -0.05) is 138 Å². The van der Waals surface area contributed by atoms with Crippen LogP contribution in [-0.4, -0.2) is 12.4 Å². The van der Waals surface area contributed by atoms with Crippen molar-refractivity contribution in [2.75, 3.05) is 6.61 Å². The van der Waals surface area contributed by atoms with E-state index in [1.54, 1.807) is 6.08 Å². The number of carbonyl (C=O) groups is 1. The van der Waals surface area contributed by atoms with E-state index >= 15 is 0 Å². The summed E-state index contributed by atoms with van der Waals surface area (Å²) in [4.78, 5) is 12.7. The number of ketones is 1. The molecule has 0 saturated heterocycles. The third-order valence-electron chi connectivity index (χ3n) is 6.82. The standard InChI is InChI=1S/C35H44O2/c1-3-5-6-7-8-9-10-11-12-28-37-34-25-16-30(17-26-34)18-27-35(36)33-23-21-32(22-24-33)31-19-14-29(13-4-2)15-20-31/h14-27H,3-13,28H2,1-2H3. The van der Waals surface area contributed by atoms with Crippen molar-refractivity contribution in [3.63, 3.8) is 0 Å². The molecule has 0 unspecified atom stereocenters. The van der Waals surface area contributed by atoms with E-state index in [1.165, 1.54) is 62.5 Å². The lowest BCUT2D eigenvalue weighted by molar-refractivity contribution is 0.104. The molecular weight excluding hydrogens is 452 g/mol. The second-order valence-corrected chi connectivity index (χ2v) is 9.97.